The molecule has 0 aromatic rings. The zero-order valence-corrected chi connectivity index (χ0v) is 12.3. The molecule has 106 valence electrons. The van der Waals surface area contributed by atoms with E-state index in [1.165, 1.54) is 38.8 Å². The first-order chi connectivity index (χ1) is 8.48. The van der Waals surface area contributed by atoms with Crippen molar-refractivity contribution < 1.29 is 5.11 Å². The summed E-state index contributed by atoms with van der Waals surface area (Å²) < 4.78 is 0. The molecule has 1 saturated heterocycles. The van der Waals surface area contributed by atoms with E-state index in [1.54, 1.807) is 0 Å². The maximum absolute atomic E-state index is 8.96. The number of hydrogen-bond donors (Lipinski definition) is 2. The molecule has 1 aliphatic heterocycles. The van der Waals surface area contributed by atoms with Crippen molar-refractivity contribution in [2.75, 3.05) is 26.2 Å². The molecular formula is C15H30N2O. The van der Waals surface area contributed by atoms with Crippen LogP contribution in [-0.4, -0.2) is 48.3 Å². The van der Waals surface area contributed by atoms with E-state index in [2.05, 4.69) is 31.0 Å². The number of nitrogens with one attached hydrogen (secondary N) is 1. The fourth-order valence-electron chi connectivity index (χ4n) is 3.41. The number of rotatable bonds is 5. The summed E-state index contributed by atoms with van der Waals surface area (Å²) in [6, 6.07) is 1.45. The molecule has 0 spiro atoms. The smallest absolute Gasteiger partial charge is 0.0556 e. The van der Waals surface area contributed by atoms with Crippen LogP contribution in [0.3, 0.4) is 0 Å². The maximum Gasteiger partial charge on any atom is 0.0556 e. The Morgan fingerprint density at radius 3 is 2.50 bits per heavy atom. The number of aliphatic hydroxyl groups is 1. The van der Waals surface area contributed by atoms with Gasteiger partial charge in [0, 0.05) is 31.7 Å². The van der Waals surface area contributed by atoms with Crippen LogP contribution in [0.15, 0.2) is 0 Å². The van der Waals surface area contributed by atoms with Crippen LogP contribution in [0.2, 0.25) is 0 Å². The van der Waals surface area contributed by atoms with Crippen LogP contribution in [-0.2, 0) is 0 Å². The fourth-order valence-corrected chi connectivity index (χ4v) is 3.41. The topological polar surface area (TPSA) is 35.5 Å². The molecule has 2 N–H and O–H groups in total. The first-order valence-electron chi connectivity index (χ1n) is 7.56. The highest BCUT2D eigenvalue weighted by atomic mass is 16.3. The van der Waals surface area contributed by atoms with Crippen LogP contribution in [0, 0.1) is 11.3 Å². The standard InChI is InChI=1S/C15H30N2O/c1-15(2,3)9-12-8-13(16-6-7-18)11-17(10-12)14-4-5-14/h12-14,16,18H,4-11H2,1-3H3. The van der Waals surface area contributed by atoms with Gasteiger partial charge in [-0.25, -0.2) is 0 Å². The fraction of sp³-hybridized carbons (Fsp3) is 1.00. The van der Waals surface area contributed by atoms with Gasteiger partial charge in [-0.15, -0.1) is 0 Å². The molecule has 3 heteroatoms. The minimum absolute atomic E-state index is 0.254. The normalized spacial score (nSPS) is 30.7. The molecule has 2 unspecified atom stereocenters. The van der Waals surface area contributed by atoms with E-state index in [1.807, 2.05) is 0 Å². The Morgan fingerprint density at radius 1 is 1.22 bits per heavy atom. The Bertz CT molecular complexity index is 258. The zero-order valence-electron chi connectivity index (χ0n) is 12.3. The third kappa shape index (κ3) is 4.52. The van der Waals surface area contributed by atoms with Gasteiger partial charge in [-0.1, -0.05) is 20.8 Å². The molecule has 1 aliphatic carbocycles. The Morgan fingerprint density at radius 2 is 1.94 bits per heavy atom. The highest BCUT2D eigenvalue weighted by Crippen LogP contribution is 2.35. The number of aliphatic hydroxyl groups excluding tert-OH is 1. The lowest BCUT2D eigenvalue weighted by Gasteiger charge is -2.40. The first kappa shape index (κ1) is 14.3. The summed E-state index contributed by atoms with van der Waals surface area (Å²) in [7, 11) is 0. The third-order valence-corrected chi connectivity index (χ3v) is 4.07. The van der Waals surface area contributed by atoms with Gasteiger partial charge in [-0.2, -0.15) is 0 Å². The van der Waals surface area contributed by atoms with Crippen LogP contribution in [0.5, 0.6) is 0 Å². The molecule has 0 aromatic heterocycles. The maximum atomic E-state index is 8.96. The lowest BCUT2D eigenvalue weighted by Crippen LogP contribution is -2.51. The van der Waals surface area contributed by atoms with Crippen molar-refractivity contribution in [1.82, 2.24) is 10.2 Å². The van der Waals surface area contributed by atoms with Gasteiger partial charge in [0.2, 0.25) is 0 Å². The largest absolute Gasteiger partial charge is 0.395 e. The Kier molecular flexibility index (Phi) is 4.68. The van der Waals surface area contributed by atoms with Gasteiger partial charge in [0.15, 0.2) is 0 Å². The molecule has 2 rings (SSSR count). The van der Waals surface area contributed by atoms with Gasteiger partial charge >= 0.3 is 0 Å². The van der Waals surface area contributed by atoms with Gasteiger partial charge in [0.25, 0.3) is 0 Å². The Labute approximate surface area is 112 Å². The molecular weight excluding hydrogens is 224 g/mol. The predicted molar refractivity (Wildman–Crippen MR) is 75.7 cm³/mol. The van der Waals surface area contributed by atoms with Crippen LogP contribution in [0.1, 0.15) is 46.5 Å². The number of nitrogens with zero attached hydrogens (tertiary/aromatic N) is 1. The summed E-state index contributed by atoms with van der Waals surface area (Å²) in [4.78, 5) is 2.69. The Hall–Kier alpha value is -0.120. The highest BCUT2D eigenvalue weighted by Gasteiger charge is 2.36. The van der Waals surface area contributed by atoms with Crippen molar-refractivity contribution in [2.24, 2.45) is 11.3 Å². The lowest BCUT2D eigenvalue weighted by molar-refractivity contribution is 0.105. The average Bonchev–Trinajstić information content (AvgIpc) is 3.07. The molecule has 1 saturated carbocycles. The van der Waals surface area contributed by atoms with E-state index in [4.69, 9.17) is 5.11 Å². The summed E-state index contributed by atoms with van der Waals surface area (Å²) in [5, 5.41) is 12.5. The van der Waals surface area contributed by atoms with E-state index < -0.39 is 0 Å². The van der Waals surface area contributed by atoms with Gasteiger partial charge in [-0.3, -0.25) is 4.90 Å². The second-order valence-electron chi connectivity index (χ2n) is 7.43. The molecule has 1 heterocycles. The van der Waals surface area contributed by atoms with Gasteiger partial charge in [-0.05, 0) is 37.0 Å². The van der Waals surface area contributed by atoms with E-state index in [0.717, 1.165) is 18.5 Å². The molecule has 2 atom stereocenters. The van der Waals surface area contributed by atoms with E-state index in [9.17, 15) is 0 Å². The molecule has 18 heavy (non-hydrogen) atoms. The van der Waals surface area contributed by atoms with E-state index >= 15 is 0 Å². The van der Waals surface area contributed by atoms with Crippen LogP contribution in [0.25, 0.3) is 0 Å². The summed E-state index contributed by atoms with van der Waals surface area (Å²) in [6.45, 7) is 10.5. The third-order valence-electron chi connectivity index (χ3n) is 4.07. The minimum Gasteiger partial charge on any atom is -0.395 e. The van der Waals surface area contributed by atoms with E-state index in [0.29, 0.717) is 11.5 Å². The monoisotopic (exact) mass is 254 g/mol. The van der Waals surface area contributed by atoms with Gasteiger partial charge in [0.05, 0.1) is 6.61 Å². The second kappa shape index (κ2) is 5.89. The summed E-state index contributed by atoms with van der Waals surface area (Å²) in [6.07, 6.45) is 5.39. The van der Waals surface area contributed by atoms with Crippen molar-refractivity contribution >= 4 is 0 Å². The summed E-state index contributed by atoms with van der Waals surface area (Å²) >= 11 is 0. The van der Waals surface area contributed by atoms with E-state index in [-0.39, 0.29) is 6.61 Å². The SMILES string of the molecule is CC(C)(C)CC1CC(NCCO)CN(C2CC2)C1. The zero-order chi connectivity index (χ0) is 13.2. The number of piperidine rings is 1. The minimum atomic E-state index is 0.254. The van der Waals surface area contributed by atoms with Crippen molar-refractivity contribution in [3.8, 4) is 0 Å². The summed E-state index contributed by atoms with van der Waals surface area (Å²) in [5.74, 6) is 0.815. The molecule has 0 amide bonds. The summed E-state index contributed by atoms with van der Waals surface area (Å²) in [5.41, 5.74) is 0.429. The molecule has 0 aromatic carbocycles. The highest BCUT2D eigenvalue weighted by molar-refractivity contribution is 4.93. The molecule has 2 aliphatic rings. The van der Waals surface area contributed by atoms with Crippen molar-refractivity contribution in [3.63, 3.8) is 0 Å². The molecule has 0 bridgehead atoms. The average molecular weight is 254 g/mol. The molecule has 0 radical (unpaired) electrons. The molecule has 2 fully saturated rings. The quantitative estimate of drug-likeness (QED) is 0.786. The van der Waals surface area contributed by atoms with Crippen molar-refractivity contribution in [1.29, 1.82) is 0 Å². The first-order valence-corrected chi connectivity index (χ1v) is 7.56. The van der Waals surface area contributed by atoms with Crippen molar-refractivity contribution in [2.45, 2.75) is 58.5 Å². The number of hydrogen-bond acceptors (Lipinski definition) is 3. The molecule has 3 nitrogen and oxygen atoms in total. The van der Waals surface area contributed by atoms with Crippen molar-refractivity contribution in [3.05, 3.63) is 0 Å². The lowest BCUT2D eigenvalue weighted by atomic mass is 9.80. The van der Waals surface area contributed by atoms with Gasteiger partial charge in [0.1, 0.15) is 0 Å². The number of likely N-dealkylation sites (tertiary alicyclic amines) is 1. The van der Waals surface area contributed by atoms with Gasteiger partial charge < -0.3 is 10.4 Å². The predicted octanol–water partition coefficient (Wildman–Crippen LogP) is 1.86. The van der Waals surface area contributed by atoms with Crippen LogP contribution < -0.4 is 5.32 Å². The van der Waals surface area contributed by atoms with Crippen LogP contribution >= 0.6 is 0 Å². The van der Waals surface area contributed by atoms with Crippen LogP contribution in [0.4, 0.5) is 0 Å². The Balaban J connectivity index is 1.88. The second-order valence-corrected chi connectivity index (χ2v) is 7.43.